The van der Waals surface area contributed by atoms with Gasteiger partial charge in [-0.2, -0.15) is 0 Å². The van der Waals surface area contributed by atoms with Crippen LogP contribution in [-0.4, -0.2) is 30.1 Å². The number of hydrogen-bond donors (Lipinski definition) is 1. The Labute approximate surface area is 128 Å². The summed E-state index contributed by atoms with van der Waals surface area (Å²) in [5.74, 6) is 1.06. The Hall–Kier alpha value is -0.930. The van der Waals surface area contributed by atoms with Crippen LogP contribution in [0.3, 0.4) is 0 Å². The van der Waals surface area contributed by atoms with E-state index in [2.05, 4.69) is 44.8 Å². The first kappa shape index (κ1) is 16.4. The van der Waals surface area contributed by atoms with Gasteiger partial charge < -0.3 is 5.32 Å². The van der Waals surface area contributed by atoms with Gasteiger partial charge >= 0.3 is 0 Å². The molecule has 1 aliphatic heterocycles. The molecule has 3 atom stereocenters. The van der Waals surface area contributed by atoms with Gasteiger partial charge in [0, 0.05) is 36.8 Å². The van der Waals surface area contributed by atoms with Crippen LogP contribution in [0.15, 0.2) is 24.3 Å². The molecule has 118 valence electrons. The summed E-state index contributed by atoms with van der Waals surface area (Å²) in [6.07, 6.45) is 0. The molecule has 3 unspecified atom stereocenters. The number of nitrogens with zero attached hydrogens (tertiary/aromatic N) is 1. The smallest absolute Gasteiger partial charge is 0.127 e. The molecule has 0 saturated carbocycles. The van der Waals surface area contributed by atoms with Crippen LogP contribution in [0.25, 0.3) is 0 Å². The SMILES string of the molecule is CC(C)C1CN(C(C)c2ccccc2F)C(C(C)C)CN1. The van der Waals surface area contributed by atoms with Gasteiger partial charge in [-0.15, -0.1) is 0 Å². The molecule has 1 aliphatic rings. The number of piperazine rings is 1. The molecule has 21 heavy (non-hydrogen) atoms. The second kappa shape index (κ2) is 6.89. The molecule has 0 aromatic heterocycles. The van der Waals surface area contributed by atoms with Gasteiger partial charge in [0.15, 0.2) is 0 Å². The molecule has 0 bridgehead atoms. The summed E-state index contributed by atoms with van der Waals surface area (Å²) < 4.78 is 14.1. The minimum absolute atomic E-state index is 0.0906. The quantitative estimate of drug-likeness (QED) is 0.907. The molecule has 1 fully saturated rings. The number of nitrogens with one attached hydrogen (secondary N) is 1. The second-order valence-electron chi connectivity index (χ2n) is 6.96. The first-order valence-corrected chi connectivity index (χ1v) is 8.15. The van der Waals surface area contributed by atoms with Gasteiger partial charge in [0.05, 0.1) is 0 Å². The lowest BCUT2D eigenvalue weighted by Gasteiger charge is -2.46. The van der Waals surface area contributed by atoms with Gasteiger partial charge in [0.25, 0.3) is 0 Å². The van der Waals surface area contributed by atoms with E-state index in [1.54, 1.807) is 12.1 Å². The minimum Gasteiger partial charge on any atom is -0.311 e. The van der Waals surface area contributed by atoms with E-state index in [1.807, 2.05) is 12.1 Å². The maximum atomic E-state index is 14.1. The van der Waals surface area contributed by atoms with Crippen LogP contribution in [0.2, 0.25) is 0 Å². The molecule has 1 heterocycles. The summed E-state index contributed by atoms with van der Waals surface area (Å²) in [5, 5.41) is 3.67. The molecule has 1 aromatic carbocycles. The van der Waals surface area contributed by atoms with E-state index in [0.29, 0.717) is 23.9 Å². The van der Waals surface area contributed by atoms with Crippen LogP contribution in [-0.2, 0) is 0 Å². The van der Waals surface area contributed by atoms with Crippen LogP contribution in [0.5, 0.6) is 0 Å². The standard InChI is InChI=1S/C18H29FN2/c1-12(2)17-11-21(18(10-20-17)13(3)4)14(5)15-8-6-7-9-16(15)19/h6-9,12-14,17-18,20H,10-11H2,1-5H3. The van der Waals surface area contributed by atoms with Crippen molar-refractivity contribution in [2.24, 2.45) is 11.8 Å². The van der Waals surface area contributed by atoms with Crippen LogP contribution in [0, 0.1) is 17.7 Å². The summed E-state index contributed by atoms with van der Waals surface area (Å²) >= 11 is 0. The fourth-order valence-corrected chi connectivity index (χ4v) is 3.32. The Balaban J connectivity index is 2.25. The maximum absolute atomic E-state index is 14.1. The van der Waals surface area contributed by atoms with Gasteiger partial charge in [-0.3, -0.25) is 4.90 Å². The molecule has 0 amide bonds. The molecule has 1 saturated heterocycles. The van der Waals surface area contributed by atoms with Crippen molar-refractivity contribution < 1.29 is 4.39 Å². The van der Waals surface area contributed by atoms with Crippen molar-refractivity contribution in [2.75, 3.05) is 13.1 Å². The minimum atomic E-state index is -0.0906. The van der Waals surface area contributed by atoms with Gasteiger partial charge in [-0.25, -0.2) is 4.39 Å². The third-order valence-corrected chi connectivity index (χ3v) is 4.85. The van der Waals surface area contributed by atoms with Gasteiger partial charge in [0.1, 0.15) is 5.82 Å². The monoisotopic (exact) mass is 292 g/mol. The molecular weight excluding hydrogens is 263 g/mol. The molecular formula is C18H29FN2. The number of halogens is 1. The third kappa shape index (κ3) is 3.64. The first-order chi connectivity index (χ1) is 9.91. The molecule has 0 radical (unpaired) electrons. The normalized spacial score (nSPS) is 25.5. The van der Waals surface area contributed by atoms with Gasteiger partial charge in [-0.1, -0.05) is 45.9 Å². The average Bonchev–Trinajstić information content (AvgIpc) is 2.46. The zero-order valence-electron chi connectivity index (χ0n) is 13.9. The highest BCUT2D eigenvalue weighted by atomic mass is 19.1. The lowest BCUT2D eigenvalue weighted by Crippen LogP contribution is -2.60. The Kier molecular flexibility index (Phi) is 5.39. The van der Waals surface area contributed by atoms with Crippen molar-refractivity contribution in [2.45, 2.75) is 52.7 Å². The number of hydrogen-bond acceptors (Lipinski definition) is 2. The van der Waals surface area contributed by atoms with E-state index in [4.69, 9.17) is 0 Å². The largest absolute Gasteiger partial charge is 0.311 e. The van der Waals surface area contributed by atoms with Crippen LogP contribution < -0.4 is 5.32 Å². The van der Waals surface area contributed by atoms with Crippen LogP contribution in [0.1, 0.15) is 46.2 Å². The van der Waals surface area contributed by atoms with Crippen molar-refractivity contribution in [1.82, 2.24) is 10.2 Å². The van der Waals surface area contributed by atoms with E-state index >= 15 is 0 Å². The Bertz CT molecular complexity index is 458. The third-order valence-electron chi connectivity index (χ3n) is 4.85. The summed E-state index contributed by atoms with van der Waals surface area (Å²) in [4.78, 5) is 2.49. The number of benzene rings is 1. The topological polar surface area (TPSA) is 15.3 Å². The molecule has 3 heteroatoms. The van der Waals surface area contributed by atoms with E-state index in [0.717, 1.165) is 18.7 Å². The lowest BCUT2D eigenvalue weighted by molar-refractivity contribution is 0.0500. The Morgan fingerprint density at radius 1 is 1.10 bits per heavy atom. The molecule has 0 aliphatic carbocycles. The Morgan fingerprint density at radius 2 is 1.76 bits per heavy atom. The summed E-state index contributed by atoms with van der Waals surface area (Å²) in [6, 6.07) is 8.23. The highest BCUT2D eigenvalue weighted by Gasteiger charge is 2.34. The van der Waals surface area contributed by atoms with Crippen molar-refractivity contribution in [3.8, 4) is 0 Å². The Morgan fingerprint density at radius 3 is 2.33 bits per heavy atom. The predicted octanol–water partition coefficient (Wildman–Crippen LogP) is 3.84. The van der Waals surface area contributed by atoms with Crippen LogP contribution >= 0.6 is 0 Å². The lowest BCUT2D eigenvalue weighted by atomic mass is 9.91. The summed E-state index contributed by atoms with van der Waals surface area (Å²) in [6.45, 7) is 13.1. The number of rotatable bonds is 4. The summed E-state index contributed by atoms with van der Waals surface area (Å²) in [7, 11) is 0. The van der Waals surface area contributed by atoms with E-state index in [9.17, 15) is 4.39 Å². The van der Waals surface area contributed by atoms with Crippen LogP contribution in [0.4, 0.5) is 4.39 Å². The van der Waals surface area contributed by atoms with Gasteiger partial charge in [0.2, 0.25) is 0 Å². The van der Waals surface area contributed by atoms with E-state index in [1.165, 1.54) is 0 Å². The maximum Gasteiger partial charge on any atom is 0.127 e. The van der Waals surface area contributed by atoms with E-state index < -0.39 is 0 Å². The molecule has 1 N–H and O–H groups in total. The molecule has 0 spiro atoms. The van der Waals surface area contributed by atoms with Crippen molar-refractivity contribution in [1.29, 1.82) is 0 Å². The highest BCUT2D eigenvalue weighted by Crippen LogP contribution is 2.30. The molecule has 2 rings (SSSR count). The van der Waals surface area contributed by atoms with E-state index in [-0.39, 0.29) is 11.9 Å². The first-order valence-electron chi connectivity index (χ1n) is 8.15. The van der Waals surface area contributed by atoms with Gasteiger partial charge in [-0.05, 0) is 24.8 Å². The fourth-order valence-electron chi connectivity index (χ4n) is 3.32. The fraction of sp³-hybridized carbons (Fsp3) is 0.667. The van der Waals surface area contributed by atoms with Crippen molar-refractivity contribution in [3.05, 3.63) is 35.6 Å². The predicted molar refractivity (Wildman–Crippen MR) is 86.8 cm³/mol. The highest BCUT2D eigenvalue weighted by molar-refractivity contribution is 5.21. The average molecular weight is 292 g/mol. The molecule has 2 nitrogen and oxygen atoms in total. The molecule has 1 aromatic rings. The second-order valence-corrected chi connectivity index (χ2v) is 6.96. The zero-order chi connectivity index (χ0) is 15.6. The zero-order valence-corrected chi connectivity index (χ0v) is 13.9. The van der Waals surface area contributed by atoms with Crippen molar-refractivity contribution >= 4 is 0 Å². The summed E-state index contributed by atoms with van der Waals surface area (Å²) in [5.41, 5.74) is 0.813. The van der Waals surface area contributed by atoms with Crippen molar-refractivity contribution in [3.63, 3.8) is 0 Å².